The lowest BCUT2D eigenvalue weighted by Gasteiger charge is -2.31. The zero-order chi connectivity index (χ0) is 14.7. The normalized spacial score (nSPS) is 18.5. The molecule has 6 nitrogen and oxygen atoms in total. The molecule has 2 aromatic heterocycles. The Labute approximate surface area is 127 Å². The highest BCUT2D eigenvalue weighted by molar-refractivity contribution is 7.13. The second kappa shape index (κ2) is 6.17. The van der Waals surface area contributed by atoms with E-state index in [4.69, 9.17) is 0 Å². The van der Waals surface area contributed by atoms with Gasteiger partial charge >= 0.3 is 0 Å². The van der Waals surface area contributed by atoms with E-state index in [0.29, 0.717) is 11.7 Å². The van der Waals surface area contributed by atoms with Crippen LogP contribution in [0.1, 0.15) is 31.4 Å². The average molecular weight is 303 g/mol. The maximum Gasteiger partial charge on any atom is 0.219 e. The van der Waals surface area contributed by atoms with Crippen molar-refractivity contribution in [3.8, 4) is 0 Å². The summed E-state index contributed by atoms with van der Waals surface area (Å²) >= 11 is 1.55. The lowest BCUT2D eigenvalue weighted by Crippen LogP contribution is -2.37. The summed E-state index contributed by atoms with van der Waals surface area (Å²) in [6, 6.07) is 0. The molecule has 0 aliphatic carbocycles. The van der Waals surface area contributed by atoms with Crippen LogP contribution in [0.5, 0.6) is 0 Å². The third kappa shape index (κ3) is 3.36. The van der Waals surface area contributed by atoms with Gasteiger partial charge in [0.25, 0.3) is 0 Å². The number of amides is 1. The van der Waals surface area contributed by atoms with Crippen molar-refractivity contribution >= 4 is 28.2 Å². The van der Waals surface area contributed by atoms with E-state index in [9.17, 15) is 4.79 Å². The number of rotatable bonds is 3. The van der Waals surface area contributed by atoms with Crippen molar-refractivity contribution in [1.29, 1.82) is 0 Å². The summed E-state index contributed by atoms with van der Waals surface area (Å²) in [5.41, 5.74) is 1.05. The van der Waals surface area contributed by atoms with Gasteiger partial charge in [-0.25, -0.2) is 9.97 Å². The Bertz CT molecular complexity index is 615. The molecule has 1 saturated heterocycles. The molecule has 0 bridgehead atoms. The van der Waals surface area contributed by atoms with Gasteiger partial charge in [-0.3, -0.25) is 9.78 Å². The molecule has 1 amide bonds. The van der Waals surface area contributed by atoms with Gasteiger partial charge in [0.1, 0.15) is 0 Å². The monoisotopic (exact) mass is 303 g/mol. The zero-order valence-electron chi connectivity index (χ0n) is 11.8. The smallest absolute Gasteiger partial charge is 0.219 e. The van der Waals surface area contributed by atoms with E-state index in [1.165, 1.54) is 0 Å². The van der Waals surface area contributed by atoms with Crippen molar-refractivity contribution in [2.75, 3.05) is 18.4 Å². The first-order valence-electron chi connectivity index (χ1n) is 6.96. The van der Waals surface area contributed by atoms with Crippen molar-refractivity contribution < 1.29 is 4.79 Å². The lowest BCUT2D eigenvalue weighted by atomic mass is 9.95. The summed E-state index contributed by atoms with van der Waals surface area (Å²) in [4.78, 5) is 26.2. The number of likely N-dealkylation sites (tertiary alicyclic amines) is 1. The Balaban J connectivity index is 1.68. The Hall–Kier alpha value is -2.02. The Morgan fingerprint density at radius 3 is 3.14 bits per heavy atom. The quantitative estimate of drug-likeness (QED) is 0.942. The second-order valence-corrected chi connectivity index (χ2v) is 5.96. The van der Waals surface area contributed by atoms with Crippen LogP contribution >= 0.6 is 11.3 Å². The van der Waals surface area contributed by atoms with Crippen LogP contribution in [0.15, 0.2) is 24.0 Å². The van der Waals surface area contributed by atoms with Gasteiger partial charge in [0.05, 0.1) is 11.9 Å². The summed E-state index contributed by atoms with van der Waals surface area (Å²) in [7, 11) is 0. The van der Waals surface area contributed by atoms with Crippen LogP contribution in [0.3, 0.4) is 0 Å². The van der Waals surface area contributed by atoms with E-state index in [2.05, 4.69) is 25.6 Å². The predicted molar refractivity (Wildman–Crippen MR) is 81.7 cm³/mol. The van der Waals surface area contributed by atoms with Crippen LogP contribution in [-0.2, 0) is 4.79 Å². The lowest BCUT2D eigenvalue weighted by molar-refractivity contribution is -0.130. The first-order valence-corrected chi connectivity index (χ1v) is 7.84. The van der Waals surface area contributed by atoms with Crippen molar-refractivity contribution in [2.45, 2.75) is 25.7 Å². The number of hydrogen-bond acceptors (Lipinski definition) is 6. The topological polar surface area (TPSA) is 71.0 Å². The molecule has 2 aromatic rings. The van der Waals surface area contributed by atoms with Crippen molar-refractivity contribution in [3.63, 3.8) is 0 Å². The Morgan fingerprint density at radius 2 is 2.38 bits per heavy atom. The van der Waals surface area contributed by atoms with Crippen LogP contribution in [0, 0.1) is 0 Å². The zero-order valence-corrected chi connectivity index (χ0v) is 12.6. The van der Waals surface area contributed by atoms with Gasteiger partial charge in [0.15, 0.2) is 10.9 Å². The molecule has 1 N–H and O–H groups in total. The summed E-state index contributed by atoms with van der Waals surface area (Å²) in [5, 5.41) is 6.02. The fourth-order valence-electron chi connectivity index (χ4n) is 2.51. The molecule has 1 aliphatic rings. The molecule has 3 heterocycles. The standard InChI is InChI=1S/C14H17N5OS/c1-10(20)19-6-2-3-11(8-19)12-9-21-14(17-12)18-13-7-15-4-5-16-13/h4-5,7,9,11H,2-3,6,8H2,1H3,(H,16,17,18). The number of aromatic nitrogens is 3. The van der Waals surface area contributed by atoms with Gasteiger partial charge in [-0.1, -0.05) is 0 Å². The minimum atomic E-state index is 0.146. The van der Waals surface area contributed by atoms with Gasteiger partial charge in [-0.2, -0.15) is 0 Å². The molecule has 3 rings (SSSR count). The van der Waals surface area contributed by atoms with Crippen molar-refractivity contribution in [3.05, 3.63) is 29.7 Å². The summed E-state index contributed by atoms with van der Waals surface area (Å²) in [5.74, 6) is 1.16. The van der Waals surface area contributed by atoms with E-state index in [1.807, 2.05) is 4.90 Å². The SMILES string of the molecule is CC(=O)N1CCCC(c2csc(Nc3cnccn3)n2)C1. The van der Waals surface area contributed by atoms with Crippen LogP contribution in [-0.4, -0.2) is 38.8 Å². The predicted octanol–water partition coefficient (Wildman–Crippen LogP) is 2.40. The molecule has 0 radical (unpaired) electrons. The van der Waals surface area contributed by atoms with Gasteiger partial charge < -0.3 is 10.2 Å². The van der Waals surface area contributed by atoms with E-state index in [-0.39, 0.29) is 5.91 Å². The molecular formula is C14H17N5OS. The molecule has 0 aromatic carbocycles. The third-order valence-corrected chi connectivity index (χ3v) is 4.38. The van der Waals surface area contributed by atoms with Crippen molar-refractivity contribution in [2.24, 2.45) is 0 Å². The third-order valence-electron chi connectivity index (χ3n) is 3.61. The summed E-state index contributed by atoms with van der Waals surface area (Å²) < 4.78 is 0. The molecule has 1 aliphatic heterocycles. The number of nitrogens with zero attached hydrogens (tertiary/aromatic N) is 4. The van der Waals surface area contributed by atoms with E-state index >= 15 is 0 Å². The minimum absolute atomic E-state index is 0.146. The second-order valence-electron chi connectivity index (χ2n) is 5.10. The van der Waals surface area contributed by atoms with Crippen LogP contribution in [0.2, 0.25) is 0 Å². The number of thiazole rings is 1. The molecule has 0 spiro atoms. The van der Waals surface area contributed by atoms with E-state index in [0.717, 1.165) is 36.8 Å². The highest BCUT2D eigenvalue weighted by Crippen LogP contribution is 2.30. The fraction of sp³-hybridized carbons (Fsp3) is 0.429. The maximum atomic E-state index is 11.5. The van der Waals surface area contributed by atoms with Crippen LogP contribution in [0.25, 0.3) is 0 Å². The van der Waals surface area contributed by atoms with E-state index in [1.54, 1.807) is 36.9 Å². The Morgan fingerprint density at radius 1 is 1.48 bits per heavy atom. The van der Waals surface area contributed by atoms with Crippen molar-refractivity contribution in [1.82, 2.24) is 19.9 Å². The minimum Gasteiger partial charge on any atom is -0.342 e. The molecule has 7 heteroatoms. The first-order chi connectivity index (χ1) is 10.2. The molecule has 21 heavy (non-hydrogen) atoms. The average Bonchev–Trinajstić information content (AvgIpc) is 2.97. The molecule has 1 unspecified atom stereocenters. The highest BCUT2D eigenvalue weighted by Gasteiger charge is 2.24. The summed E-state index contributed by atoms with van der Waals surface area (Å²) in [6.45, 7) is 3.26. The van der Waals surface area contributed by atoms with E-state index < -0.39 is 0 Å². The number of piperidine rings is 1. The Kier molecular flexibility index (Phi) is 4.10. The molecular weight excluding hydrogens is 286 g/mol. The highest BCUT2D eigenvalue weighted by atomic mass is 32.1. The van der Waals surface area contributed by atoms with Gasteiger partial charge in [-0.05, 0) is 12.8 Å². The van der Waals surface area contributed by atoms with Gasteiger partial charge in [0, 0.05) is 43.7 Å². The maximum absolute atomic E-state index is 11.5. The fourth-order valence-corrected chi connectivity index (χ4v) is 3.31. The largest absolute Gasteiger partial charge is 0.342 e. The number of anilines is 2. The van der Waals surface area contributed by atoms with Crippen LogP contribution in [0.4, 0.5) is 10.9 Å². The van der Waals surface area contributed by atoms with Gasteiger partial charge in [0.2, 0.25) is 5.91 Å². The van der Waals surface area contributed by atoms with Gasteiger partial charge in [-0.15, -0.1) is 11.3 Å². The molecule has 1 atom stereocenters. The first kappa shape index (κ1) is 13.9. The number of carbonyl (C=O) groups is 1. The number of nitrogens with one attached hydrogen (secondary N) is 1. The molecule has 0 saturated carbocycles. The number of hydrogen-bond donors (Lipinski definition) is 1. The molecule has 110 valence electrons. The van der Waals surface area contributed by atoms with Crippen LogP contribution < -0.4 is 5.32 Å². The summed E-state index contributed by atoms with van der Waals surface area (Å²) in [6.07, 6.45) is 7.06. The molecule has 1 fully saturated rings. The number of carbonyl (C=O) groups excluding carboxylic acids is 1.